The summed E-state index contributed by atoms with van der Waals surface area (Å²) in [6.07, 6.45) is 12.5. The molecule has 0 unspecified atom stereocenters. The minimum Gasteiger partial charge on any atom is -0.490 e. The van der Waals surface area contributed by atoms with Gasteiger partial charge in [-0.1, -0.05) is 25.0 Å². The maximum atomic E-state index is 11.1. The summed E-state index contributed by atoms with van der Waals surface area (Å²) in [6.45, 7) is 0. The summed E-state index contributed by atoms with van der Waals surface area (Å²) in [7, 11) is 0. The first-order chi connectivity index (χ1) is 10.2. The second kappa shape index (κ2) is 5.01. The molecule has 1 N–H and O–H groups in total. The van der Waals surface area contributed by atoms with E-state index in [-0.39, 0.29) is 0 Å². The number of hydrogen-bond acceptors (Lipinski definition) is 2. The van der Waals surface area contributed by atoms with Gasteiger partial charge in [-0.3, -0.25) is 0 Å². The Morgan fingerprint density at radius 2 is 1.67 bits per heavy atom. The quantitative estimate of drug-likeness (QED) is 0.883. The molecule has 1 aromatic carbocycles. The normalized spacial score (nSPS) is 26.9. The number of benzene rings is 1. The van der Waals surface area contributed by atoms with E-state index in [0.717, 1.165) is 24.2 Å². The molecule has 2 heteroatoms. The largest absolute Gasteiger partial charge is 0.490 e. The highest BCUT2D eigenvalue weighted by Gasteiger charge is 2.43. The van der Waals surface area contributed by atoms with Gasteiger partial charge in [-0.05, 0) is 74.5 Å². The average molecular weight is 286 g/mol. The lowest BCUT2D eigenvalue weighted by Crippen LogP contribution is -2.36. The van der Waals surface area contributed by atoms with E-state index >= 15 is 0 Å². The highest BCUT2D eigenvalue weighted by Crippen LogP contribution is 2.53. The monoisotopic (exact) mass is 286 g/mol. The molecule has 0 saturated heterocycles. The Morgan fingerprint density at radius 3 is 2.33 bits per heavy atom. The smallest absolute Gasteiger partial charge is 0.120 e. The summed E-state index contributed by atoms with van der Waals surface area (Å²) < 4.78 is 5.88. The van der Waals surface area contributed by atoms with Gasteiger partial charge in [-0.25, -0.2) is 0 Å². The summed E-state index contributed by atoms with van der Waals surface area (Å²) in [5.41, 5.74) is 0.999. The van der Waals surface area contributed by atoms with Gasteiger partial charge in [0.05, 0.1) is 11.7 Å². The Bertz CT molecular complexity index is 502. The van der Waals surface area contributed by atoms with Crippen LogP contribution in [0.2, 0.25) is 0 Å². The second-order valence-electron chi connectivity index (χ2n) is 7.58. The Kier molecular flexibility index (Phi) is 3.25. The van der Waals surface area contributed by atoms with E-state index < -0.39 is 5.60 Å². The van der Waals surface area contributed by atoms with E-state index in [1.165, 1.54) is 51.4 Å². The molecule has 0 aliphatic heterocycles. The van der Waals surface area contributed by atoms with Crippen LogP contribution in [-0.4, -0.2) is 11.2 Å². The van der Waals surface area contributed by atoms with Crippen LogP contribution in [0.5, 0.6) is 5.75 Å². The molecular formula is C19H26O2. The summed E-state index contributed by atoms with van der Waals surface area (Å²) >= 11 is 0. The molecule has 0 heterocycles. The van der Waals surface area contributed by atoms with Crippen molar-refractivity contribution in [1.82, 2.24) is 0 Å². The van der Waals surface area contributed by atoms with Crippen molar-refractivity contribution in [2.75, 3.05) is 0 Å². The van der Waals surface area contributed by atoms with Crippen molar-refractivity contribution in [2.45, 2.75) is 75.9 Å². The van der Waals surface area contributed by atoms with Gasteiger partial charge in [0.2, 0.25) is 0 Å². The maximum absolute atomic E-state index is 11.1. The Hall–Kier alpha value is -1.02. The molecule has 4 rings (SSSR count). The van der Waals surface area contributed by atoms with Gasteiger partial charge in [0, 0.05) is 0 Å². The first-order valence-corrected chi connectivity index (χ1v) is 8.67. The second-order valence-corrected chi connectivity index (χ2v) is 7.58. The zero-order chi connectivity index (χ0) is 14.3. The summed E-state index contributed by atoms with van der Waals surface area (Å²) in [4.78, 5) is 0. The highest BCUT2D eigenvalue weighted by molar-refractivity contribution is 5.33. The van der Waals surface area contributed by atoms with Gasteiger partial charge in [-0.2, -0.15) is 0 Å². The van der Waals surface area contributed by atoms with Crippen LogP contribution in [0.4, 0.5) is 0 Å². The molecule has 0 aromatic heterocycles. The molecule has 1 spiro atoms. The molecule has 0 radical (unpaired) electrons. The Balaban J connectivity index is 1.49. The van der Waals surface area contributed by atoms with Gasteiger partial charge >= 0.3 is 0 Å². The minimum atomic E-state index is -0.628. The fraction of sp³-hybridized carbons (Fsp3) is 0.684. The fourth-order valence-electron chi connectivity index (χ4n) is 4.34. The van der Waals surface area contributed by atoms with Crippen LogP contribution in [0.1, 0.15) is 69.8 Å². The van der Waals surface area contributed by atoms with Crippen molar-refractivity contribution < 1.29 is 9.84 Å². The standard InChI is InChI=1S/C19H26O2/c20-19(12-10-18(11-13-19)8-1-2-9-18)15-4-3-5-17(14-15)21-16-6-7-16/h3-5,14,16,20H,1-2,6-13H2. The van der Waals surface area contributed by atoms with Crippen molar-refractivity contribution in [1.29, 1.82) is 0 Å². The maximum Gasteiger partial charge on any atom is 0.120 e. The molecule has 1 aromatic rings. The van der Waals surface area contributed by atoms with E-state index in [4.69, 9.17) is 4.74 Å². The lowest BCUT2D eigenvalue weighted by molar-refractivity contribution is -0.0377. The van der Waals surface area contributed by atoms with Crippen molar-refractivity contribution in [3.8, 4) is 5.75 Å². The molecule has 0 atom stereocenters. The third-order valence-electron chi connectivity index (χ3n) is 6.00. The average Bonchev–Trinajstić information content (AvgIpc) is 3.20. The van der Waals surface area contributed by atoms with Crippen LogP contribution in [0.25, 0.3) is 0 Å². The highest BCUT2D eigenvalue weighted by atomic mass is 16.5. The van der Waals surface area contributed by atoms with E-state index in [1.54, 1.807) is 0 Å². The van der Waals surface area contributed by atoms with Crippen LogP contribution in [-0.2, 0) is 5.60 Å². The predicted octanol–water partition coefficient (Wildman–Crippen LogP) is 4.55. The molecule has 21 heavy (non-hydrogen) atoms. The van der Waals surface area contributed by atoms with E-state index in [9.17, 15) is 5.11 Å². The Morgan fingerprint density at radius 1 is 0.952 bits per heavy atom. The lowest BCUT2D eigenvalue weighted by Gasteiger charge is -2.42. The van der Waals surface area contributed by atoms with Crippen molar-refractivity contribution in [2.24, 2.45) is 5.41 Å². The molecule has 3 fully saturated rings. The van der Waals surface area contributed by atoms with Gasteiger partial charge in [0.1, 0.15) is 5.75 Å². The van der Waals surface area contributed by atoms with Gasteiger partial charge in [0.15, 0.2) is 0 Å². The summed E-state index contributed by atoms with van der Waals surface area (Å²) in [5.74, 6) is 0.935. The topological polar surface area (TPSA) is 29.5 Å². The van der Waals surface area contributed by atoms with E-state index in [2.05, 4.69) is 12.1 Å². The van der Waals surface area contributed by atoms with Gasteiger partial charge in [-0.15, -0.1) is 0 Å². The Labute approximate surface area is 127 Å². The number of rotatable bonds is 3. The minimum absolute atomic E-state index is 0.419. The van der Waals surface area contributed by atoms with Crippen LogP contribution in [0, 0.1) is 5.41 Å². The van der Waals surface area contributed by atoms with E-state index in [1.807, 2.05) is 12.1 Å². The first kappa shape index (κ1) is 13.6. The zero-order valence-corrected chi connectivity index (χ0v) is 12.8. The van der Waals surface area contributed by atoms with Crippen molar-refractivity contribution in [3.05, 3.63) is 29.8 Å². The molecular weight excluding hydrogens is 260 g/mol. The van der Waals surface area contributed by atoms with Crippen LogP contribution < -0.4 is 4.74 Å². The van der Waals surface area contributed by atoms with Crippen LogP contribution >= 0.6 is 0 Å². The molecule has 114 valence electrons. The SMILES string of the molecule is OC1(c2cccc(OC3CC3)c2)CCC2(CCCC2)CC1. The summed E-state index contributed by atoms with van der Waals surface area (Å²) in [6, 6.07) is 8.20. The number of aliphatic hydroxyl groups is 1. The lowest BCUT2D eigenvalue weighted by atomic mass is 9.66. The third kappa shape index (κ3) is 2.70. The van der Waals surface area contributed by atoms with Crippen molar-refractivity contribution >= 4 is 0 Å². The van der Waals surface area contributed by atoms with Crippen LogP contribution in [0.15, 0.2) is 24.3 Å². The molecule has 0 amide bonds. The zero-order valence-electron chi connectivity index (χ0n) is 12.8. The molecule has 2 nitrogen and oxygen atoms in total. The predicted molar refractivity (Wildman–Crippen MR) is 83.4 cm³/mol. The van der Waals surface area contributed by atoms with Gasteiger partial charge in [0.25, 0.3) is 0 Å². The van der Waals surface area contributed by atoms with Crippen LogP contribution in [0.3, 0.4) is 0 Å². The summed E-state index contributed by atoms with van der Waals surface area (Å²) in [5, 5.41) is 11.1. The molecule has 3 saturated carbocycles. The third-order valence-corrected chi connectivity index (χ3v) is 6.00. The molecule has 0 bridgehead atoms. The molecule has 3 aliphatic rings. The molecule has 3 aliphatic carbocycles. The van der Waals surface area contributed by atoms with Gasteiger partial charge < -0.3 is 9.84 Å². The number of hydrogen-bond donors (Lipinski definition) is 1. The van der Waals surface area contributed by atoms with E-state index in [0.29, 0.717) is 11.5 Å². The first-order valence-electron chi connectivity index (χ1n) is 8.67. The van der Waals surface area contributed by atoms with Crippen molar-refractivity contribution in [3.63, 3.8) is 0 Å². The number of ether oxygens (including phenoxy) is 1. The fourth-order valence-corrected chi connectivity index (χ4v) is 4.34.